The van der Waals surface area contributed by atoms with E-state index in [2.05, 4.69) is 5.10 Å². The predicted octanol–water partition coefficient (Wildman–Crippen LogP) is 0.203. The van der Waals surface area contributed by atoms with Crippen molar-refractivity contribution in [3.63, 3.8) is 0 Å². The zero-order chi connectivity index (χ0) is 10.9. The molecule has 1 aliphatic rings. The first-order chi connectivity index (χ1) is 7.15. The molecule has 2 rings (SSSR count). The van der Waals surface area contributed by atoms with Gasteiger partial charge >= 0.3 is 0 Å². The van der Waals surface area contributed by atoms with Crippen LogP contribution < -0.4 is 5.73 Å². The maximum absolute atomic E-state index is 12.0. The number of carbonyl (C=O) groups is 1. The Morgan fingerprint density at radius 2 is 2.60 bits per heavy atom. The van der Waals surface area contributed by atoms with Gasteiger partial charge in [0.05, 0.1) is 18.4 Å². The van der Waals surface area contributed by atoms with Crippen molar-refractivity contribution < 1.29 is 9.53 Å². The second-order valence-corrected chi connectivity index (χ2v) is 3.87. The Morgan fingerprint density at radius 1 is 1.80 bits per heavy atom. The molecular weight excluding hydrogens is 194 g/mol. The number of nitrogens with zero attached hydrogens (tertiary/aromatic N) is 2. The summed E-state index contributed by atoms with van der Waals surface area (Å²) in [6.07, 6.45) is 3.89. The molecule has 5 heteroatoms. The summed E-state index contributed by atoms with van der Waals surface area (Å²) in [6.45, 7) is 3.59. The Bertz CT molecular complexity index is 366. The van der Waals surface area contributed by atoms with Gasteiger partial charge in [0.1, 0.15) is 5.54 Å². The maximum atomic E-state index is 12.0. The van der Waals surface area contributed by atoms with Crippen molar-refractivity contribution >= 4 is 5.78 Å². The van der Waals surface area contributed by atoms with Crippen LogP contribution in [0.3, 0.4) is 0 Å². The van der Waals surface area contributed by atoms with Crippen LogP contribution in [0.2, 0.25) is 0 Å². The van der Waals surface area contributed by atoms with E-state index in [0.29, 0.717) is 25.2 Å². The minimum atomic E-state index is -0.846. The zero-order valence-electron chi connectivity index (χ0n) is 8.77. The highest BCUT2D eigenvalue weighted by atomic mass is 16.5. The molecule has 1 fully saturated rings. The molecule has 15 heavy (non-hydrogen) atoms. The Kier molecular flexibility index (Phi) is 2.58. The highest BCUT2D eigenvalue weighted by molar-refractivity contribution is 6.03. The fraction of sp³-hybridized carbons (Fsp3) is 0.600. The van der Waals surface area contributed by atoms with Crippen LogP contribution in [0, 0.1) is 0 Å². The predicted molar refractivity (Wildman–Crippen MR) is 54.6 cm³/mol. The monoisotopic (exact) mass is 209 g/mol. The number of rotatable bonds is 3. The van der Waals surface area contributed by atoms with E-state index >= 15 is 0 Å². The molecule has 0 radical (unpaired) electrons. The second kappa shape index (κ2) is 3.75. The molecule has 5 nitrogen and oxygen atoms in total. The topological polar surface area (TPSA) is 70.1 Å². The maximum Gasteiger partial charge on any atom is 0.188 e. The first-order valence-electron chi connectivity index (χ1n) is 5.09. The van der Waals surface area contributed by atoms with Gasteiger partial charge in [-0.1, -0.05) is 0 Å². The van der Waals surface area contributed by atoms with Gasteiger partial charge in [0, 0.05) is 19.3 Å². The quantitative estimate of drug-likeness (QED) is 0.722. The first-order valence-corrected chi connectivity index (χ1v) is 5.09. The van der Waals surface area contributed by atoms with Crippen LogP contribution in [0.1, 0.15) is 23.7 Å². The van der Waals surface area contributed by atoms with E-state index < -0.39 is 5.54 Å². The number of hydrogen-bond acceptors (Lipinski definition) is 4. The van der Waals surface area contributed by atoms with Crippen molar-refractivity contribution in [1.29, 1.82) is 0 Å². The van der Waals surface area contributed by atoms with Crippen molar-refractivity contribution in [3.05, 3.63) is 18.0 Å². The van der Waals surface area contributed by atoms with E-state index in [9.17, 15) is 4.79 Å². The van der Waals surface area contributed by atoms with Crippen LogP contribution >= 0.6 is 0 Å². The van der Waals surface area contributed by atoms with E-state index in [-0.39, 0.29) is 5.78 Å². The molecule has 1 aromatic rings. The molecule has 0 bridgehead atoms. The molecule has 2 heterocycles. The molecule has 0 aliphatic carbocycles. The summed E-state index contributed by atoms with van der Waals surface area (Å²) in [5.74, 6) is -0.0697. The molecular formula is C10H15N3O2. The smallest absolute Gasteiger partial charge is 0.188 e. The number of hydrogen-bond donors (Lipinski definition) is 1. The lowest BCUT2D eigenvalue weighted by Crippen LogP contribution is -2.48. The minimum Gasteiger partial charge on any atom is -0.379 e. The number of aromatic nitrogens is 2. The summed E-state index contributed by atoms with van der Waals surface area (Å²) < 4.78 is 6.88. The van der Waals surface area contributed by atoms with Crippen LogP contribution in [-0.4, -0.2) is 34.3 Å². The largest absolute Gasteiger partial charge is 0.379 e. The molecule has 1 atom stereocenters. The summed E-state index contributed by atoms with van der Waals surface area (Å²) in [5, 5.41) is 4.06. The minimum absolute atomic E-state index is 0.0697. The van der Waals surface area contributed by atoms with Gasteiger partial charge in [-0.15, -0.1) is 0 Å². The van der Waals surface area contributed by atoms with E-state index in [4.69, 9.17) is 10.5 Å². The van der Waals surface area contributed by atoms with Crippen LogP contribution in [0.25, 0.3) is 0 Å². The zero-order valence-corrected chi connectivity index (χ0v) is 8.77. The molecule has 2 N–H and O–H groups in total. The average molecular weight is 209 g/mol. The SMILES string of the molecule is CCn1cc(C(=O)C2(N)CCOC2)cn1. The van der Waals surface area contributed by atoms with Gasteiger partial charge < -0.3 is 10.5 Å². The lowest BCUT2D eigenvalue weighted by atomic mass is 9.91. The standard InChI is InChI=1S/C10H15N3O2/c1-2-13-6-8(5-12-13)9(14)10(11)3-4-15-7-10/h5-6H,2-4,7,11H2,1H3. The van der Waals surface area contributed by atoms with Gasteiger partial charge in [-0.25, -0.2) is 0 Å². The highest BCUT2D eigenvalue weighted by Crippen LogP contribution is 2.20. The molecule has 1 aliphatic heterocycles. The third-order valence-corrected chi connectivity index (χ3v) is 2.72. The van der Waals surface area contributed by atoms with Gasteiger partial charge in [-0.2, -0.15) is 5.10 Å². The normalized spacial score (nSPS) is 25.7. The third-order valence-electron chi connectivity index (χ3n) is 2.72. The fourth-order valence-electron chi connectivity index (χ4n) is 1.70. The Hall–Kier alpha value is -1.20. The number of carbonyl (C=O) groups excluding carboxylic acids is 1. The number of nitrogens with two attached hydrogens (primary N) is 1. The summed E-state index contributed by atoms with van der Waals surface area (Å²) in [6, 6.07) is 0. The molecule has 1 unspecified atom stereocenters. The van der Waals surface area contributed by atoms with Crippen molar-refractivity contribution in [1.82, 2.24) is 9.78 Å². The van der Waals surface area contributed by atoms with Crippen LogP contribution in [0.4, 0.5) is 0 Å². The van der Waals surface area contributed by atoms with Gasteiger partial charge in [-0.3, -0.25) is 9.48 Å². The Balaban J connectivity index is 2.19. The fourth-order valence-corrected chi connectivity index (χ4v) is 1.70. The summed E-state index contributed by atoms with van der Waals surface area (Å²) in [7, 11) is 0. The van der Waals surface area contributed by atoms with E-state index in [1.165, 1.54) is 0 Å². The average Bonchev–Trinajstić information content (AvgIpc) is 2.85. The third kappa shape index (κ3) is 1.80. The molecule has 1 aromatic heterocycles. The first kappa shape index (κ1) is 10.3. The summed E-state index contributed by atoms with van der Waals surface area (Å²) in [4.78, 5) is 12.0. The van der Waals surface area contributed by atoms with Crippen LogP contribution in [0.15, 0.2) is 12.4 Å². The van der Waals surface area contributed by atoms with Crippen LogP contribution in [0.5, 0.6) is 0 Å². The lowest BCUT2D eigenvalue weighted by Gasteiger charge is -2.18. The van der Waals surface area contributed by atoms with Gasteiger partial charge in [0.25, 0.3) is 0 Å². The molecule has 82 valence electrons. The van der Waals surface area contributed by atoms with Gasteiger partial charge in [0.15, 0.2) is 5.78 Å². The molecule has 0 aromatic carbocycles. The molecule has 0 spiro atoms. The highest BCUT2D eigenvalue weighted by Gasteiger charge is 2.39. The van der Waals surface area contributed by atoms with Crippen molar-refractivity contribution in [2.45, 2.75) is 25.4 Å². The van der Waals surface area contributed by atoms with Crippen molar-refractivity contribution in [2.24, 2.45) is 5.73 Å². The van der Waals surface area contributed by atoms with E-state index in [0.717, 1.165) is 6.54 Å². The Labute approximate surface area is 88.2 Å². The lowest BCUT2D eigenvalue weighted by molar-refractivity contribution is 0.0863. The molecule has 0 amide bonds. The van der Waals surface area contributed by atoms with Gasteiger partial charge in [0.2, 0.25) is 0 Å². The molecule has 0 saturated carbocycles. The Morgan fingerprint density at radius 3 is 3.13 bits per heavy atom. The van der Waals surface area contributed by atoms with Crippen LogP contribution in [-0.2, 0) is 11.3 Å². The number of ether oxygens (including phenoxy) is 1. The van der Waals surface area contributed by atoms with Crippen molar-refractivity contribution in [2.75, 3.05) is 13.2 Å². The number of aryl methyl sites for hydroxylation is 1. The van der Waals surface area contributed by atoms with Crippen molar-refractivity contribution in [3.8, 4) is 0 Å². The van der Waals surface area contributed by atoms with E-state index in [1.54, 1.807) is 17.1 Å². The number of Topliss-reactive ketones (excluding diaryl/α,β-unsaturated/α-hetero) is 1. The number of ketones is 1. The van der Waals surface area contributed by atoms with Gasteiger partial charge in [-0.05, 0) is 13.3 Å². The summed E-state index contributed by atoms with van der Waals surface area (Å²) in [5.41, 5.74) is 5.70. The molecule has 1 saturated heterocycles. The second-order valence-electron chi connectivity index (χ2n) is 3.87. The van der Waals surface area contributed by atoms with E-state index in [1.807, 2.05) is 6.92 Å². The summed E-state index contributed by atoms with van der Waals surface area (Å²) >= 11 is 0.